The van der Waals surface area contributed by atoms with Crippen LogP contribution >= 0.6 is 11.3 Å². The van der Waals surface area contributed by atoms with Crippen molar-refractivity contribution < 1.29 is 4.74 Å². The Labute approximate surface area is 107 Å². The summed E-state index contributed by atoms with van der Waals surface area (Å²) in [6.45, 7) is 6.08. The summed E-state index contributed by atoms with van der Waals surface area (Å²) >= 11 is 1.95. The van der Waals surface area contributed by atoms with Gasteiger partial charge in [0.1, 0.15) is 0 Å². The number of hydrogen-bond donors (Lipinski definition) is 1. The number of morpholine rings is 1. The van der Waals surface area contributed by atoms with Gasteiger partial charge in [-0.15, -0.1) is 11.3 Å². The molecule has 2 aliphatic rings. The minimum absolute atomic E-state index is 0.805. The first-order chi connectivity index (χ1) is 8.40. The molecule has 0 atom stereocenters. The monoisotopic (exact) mass is 252 g/mol. The van der Waals surface area contributed by atoms with Crippen molar-refractivity contribution in [2.75, 3.05) is 26.3 Å². The molecule has 1 aliphatic heterocycles. The van der Waals surface area contributed by atoms with Crippen LogP contribution in [0.15, 0.2) is 12.1 Å². The second-order valence-electron chi connectivity index (χ2n) is 4.91. The van der Waals surface area contributed by atoms with Crippen LogP contribution in [0.25, 0.3) is 0 Å². The van der Waals surface area contributed by atoms with Crippen molar-refractivity contribution in [2.24, 2.45) is 0 Å². The van der Waals surface area contributed by atoms with Gasteiger partial charge in [0.2, 0.25) is 0 Å². The lowest BCUT2D eigenvalue weighted by Gasteiger charge is -2.25. The maximum atomic E-state index is 5.37. The Kier molecular flexibility index (Phi) is 3.76. The Hall–Kier alpha value is -0.420. The molecule has 1 aromatic heterocycles. The second-order valence-corrected chi connectivity index (χ2v) is 6.16. The zero-order chi connectivity index (χ0) is 11.5. The van der Waals surface area contributed by atoms with Crippen molar-refractivity contribution in [2.45, 2.75) is 32.0 Å². The highest BCUT2D eigenvalue weighted by Gasteiger charge is 2.20. The molecule has 1 aromatic rings. The van der Waals surface area contributed by atoms with Crippen LogP contribution in [0.4, 0.5) is 0 Å². The van der Waals surface area contributed by atoms with E-state index < -0.39 is 0 Å². The highest BCUT2D eigenvalue weighted by molar-refractivity contribution is 7.11. The number of ether oxygens (including phenoxy) is 1. The molecule has 3 nitrogen and oxygen atoms in total. The molecule has 1 saturated heterocycles. The number of nitrogens with zero attached hydrogens (tertiary/aromatic N) is 1. The van der Waals surface area contributed by atoms with Crippen molar-refractivity contribution in [3.05, 3.63) is 21.9 Å². The highest BCUT2D eigenvalue weighted by atomic mass is 32.1. The molecule has 0 bridgehead atoms. The van der Waals surface area contributed by atoms with Gasteiger partial charge in [-0.05, 0) is 25.0 Å². The molecule has 0 radical (unpaired) electrons. The Morgan fingerprint density at radius 2 is 2.00 bits per heavy atom. The summed E-state index contributed by atoms with van der Waals surface area (Å²) < 4.78 is 5.37. The van der Waals surface area contributed by atoms with Gasteiger partial charge in [-0.1, -0.05) is 0 Å². The lowest BCUT2D eigenvalue weighted by molar-refractivity contribution is 0.0346. The zero-order valence-electron chi connectivity index (χ0n) is 10.2. The third-order valence-electron chi connectivity index (χ3n) is 3.34. The summed E-state index contributed by atoms with van der Waals surface area (Å²) in [6.07, 6.45) is 2.73. The van der Waals surface area contributed by atoms with Gasteiger partial charge in [0, 0.05) is 42.0 Å². The first-order valence-corrected chi connectivity index (χ1v) is 7.33. The standard InChI is InChI=1S/C13H20N2OS/c1-2-11(1)14-9-12-3-4-13(17-12)10-15-5-7-16-8-6-15/h3-4,11,14H,1-2,5-10H2. The minimum Gasteiger partial charge on any atom is -0.379 e. The van der Waals surface area contributed by atoms with Gasteiger partial charge in [0.05, 0.1) is 13.2 Å². The SMILES string of the molecule is c1cc(CN2CCOCC2)sc1CNC1CC1. The predicted octanol–water partition coefficient (Wildman–Crippen LogP) is 1.83. The zero-order valence-corrected chi connectivity index (χ0v) is 11.0. The van der Waals surface area contributed by atoms with Gasteiger partial charge < -0.3 is 10.1 Å². The van der Waals surface area contributed by atoms with E-state index in [1.807, 2.05) is 11.3 Å². The molecule has 94 valence electrons. The molecule has 3 rings (SSSR count). The fourth-order valence-electron chi connectivity index (χ4n) is 2.11. The van der Waals surface area contributed by atoms with Crippen molar-refractivity contribution in [1.82, 2.24) is 10.2 Å². The molecular formula is C13H20N2OS. The van der Waals surface area contributed by atoms with Crippen LogP contribution in [0.3, 0.4) is 0 Å². The lowest BCUT2D eigenvalue weighted by Crippen LogP contribution is -2.35. The third kappa shape index (κ3) is 3.52. The van der Waals surface area contributed by atoms with E-state index in [0.717, 1.165) is 45.4 Å². The topological polar surface area (TPSA) is 24.5 Å². The largest absolute Gasteiger partial charge is 0.379 e. The van der Waals surface area contributed by atoms with Crippen molar-refractivity contribution in [1.29, 1.82) is 0 Å². The third-order valence-corrected chi connectivity index (χ3v) is 4.41. The molecule has 2 fully saturated rings. The molecule has 0 unspecified atom stereocenters. The van der Waals surface area contributed by atoms with E-state index in [1.165, 1.54) is 22.6 Å². The summed E-state index contributed by atoms with van der Waals surface area (Å²) in [4.78, 5) is 5.44. The van der Waals surface area contributed by atoms with Crippen LogP contribution in [0.1, 0.15) is 22.6 Å². The van der Waals surface area contributed by atoms with E-state index in [1.54, 1.807) is 0 Å². The summed E-state index contributed by atoms with van der Waals surface area (Å²) in [5, 5.41) is 3.57. The van der Waals surface area contributed by atoms with E-state index in [9.17, 15) is 0 Å². The normalized spacial score (nSPS) is 21.9. The number of nitrogens with one attached hydrogen (secondary N) is 1. The molecule has 1 saturated carbocycles. The Bertz CT molecular complexity index is 356. The average molecular weight is 252 g/mol. The maximum Gasteiger partial charge on any atom is 0.0594 e. The van der Waals surface area contributed by atoms with Crippen LogP contribution in [-0.4, -0.2) is 37.2 Å². The smallest absolute Gasteiger partial charge is 0.0594 e. The van der Waals surface area contributed by atoms with Crippen LogP contribution in [0, 0.1) is 0 Å². The Morgan fingerprint density at radius 3 is 2.76 bits per heavy atom. The Balaban J connectivity index is 1.48. The van der Waals surface area contributed by atoms with E-state index in [-0.39, 0.29) is 0 Å². The fraction of sp³-hybridized carbons (Fsp3) is 0.692. The molecule has 1 aliphatic carbocycles. The first-order valence-electron chi connectivity index (χ1n) is 6.51. The number of hydrogen-bond acceptors (Lipinski definition) is 4. The van der Waals surface area contributed by atoms with E-state index >= 15 is 0 Å². The summed E-state index contributed by atoms with van der Waals surface area (Å²) in [6, 6.07) is 5.36. The van der Waals surface area contributed by atoms with Gasteiger partial charge >= 0.3 is 0 Å². The van der Waals surface area contributed by atoms with E-state index in [0.29, 0.717) is 0 Å². The molecule has 0 aromatic carbocycles. The molecule has 17 heavy (non-hydrogen) atoms. The molecule has 2 heterocycles. The Morgan fingerprint density at radius 1 is 1.24 bits per heavy atom. The number of thiophene rings is 1. The van der Waals surface area contributed by atoms with Crippen LogP contribution in [-0.2, 0) is 17.8 Å². The van der Waals surface area contributed by atoms with E-state index in [2.05, 4.69) is 22.3 Å². The average Bonchev–Trinajstić information content (AvgIpc) is 3.09. The van der Waals surface area contributed by atoms with Gasteiger partial charge in [-0.2, -0.15) is 0 Å². The molecule has 4 heteroatoms. The number of rotatable bonds is 5. The second kappa shape index (κ2) is 5.48. The van der Waals surface area contributed by atoms with Gasteiger partial charge in [-0.25, -0.2) is 0 Å². The van der Waals surface area contributed by atoms with Crippen molar-refractivity contribution in [3.8, 4) is 0 Å². The summed E-state index contributed by atoms with van der Waals surface area (Å²) in [5.74, 6) is 0. The first kappa shape index (κ1) is 11.7. The molecule has 0 spiro atoms. The van der Waals surface area contributed by atoms with Crippen LogP contribution in [0.2, 0.25) is 0 Å². The molecule has 0 amide bonds. The molecule has 1 N–H and O–H groups in total. The quantitative estimate of drug-likeness (QED) is 0.865. The van der Waals surface area contributed by atoms with Gasteiger partial charge in [-0.3, -0.25) is 4.90 Å². The van der Waals surface area contributed by atoms with Gasteiger partial charge in [0.25, 0.3) is 0 Å². The fourth-order valence-corrected chi connectivity index (χ4v) is 3.13. The van der Waals surface area contributed by atoms with Crippen LogP contribution < -0.4 is 5.32 Å². The summed E-state index contributed by atoms with van der Waals surface area (Å²) in [7, 11) is 0. The maximum absolute atomic E-state index is 5.37. The minimum atomic E-state index is 0.805. The predicted molar refractivity (Wildman–Crippen MR) is 70.3 cm³/mol. The van der Waals surface area contributed by atoms with E-state index in [4.69, 9.17) is 4.74 Å². The van der Waals surface area contributed by atoms with Crippen molar-refractivity contribution >= 4 is 11.3 Å². The highest BCUT2D eigenvalue weighted by Crippen LogP contribution is 2.22. The van der Waals surface area contributed by atoms with Gasteiger partial charge in [0.15, 0.2) is 0 Å². The lowest BCUT2D eigenvalue weighted by atomic mass is 10.3. The van der Waals surface area contributed by atoms with Crippen molar-refractivity contribution in [3.63, 3.8) is 0 Å². The summed E-state index contributed by atoms with van der Waals surface area (Å²) in [5.41, 5.74) is 0. The molecular weight excluding hydrogens is 232 g/mol. The van der Waals surface area contributed by atoms with Crippen LogP contribution in [0.5, 0.6) is 0 Å².